The van der Waals surface area contributed by atoms with Crippen LogP contribution in [0.1, 0.15) is 12.6 Å². The molecular formula is C21H20Cl2N4OS2. The molecule has 0 saturated carbocycles. The minimum absolute atomic E-state index is 0. The van der Waals surface area contributed by atoms with Crippen molar-refractivity contribution in [2.45, 2.75) is 23.1 Å². The summed E-state index contributed by atoms with van der Waals surface area (Å²) in [5.41, 5.74) is 1.06. The van der Waals surface area contributed by atoms with Gasteiger partial charge < -0.3 is 10.1 Å². The lowest BCUT2D eigenvalue weighted by Gasteiger charge is -2.12. The van der Waals surface area contributed by atoms with Crippen LogP contribution in [0, 0.1) is 0 Å². The Morgan fingerprint density at radius 2 is 1.80 bits per heavy atom. The van der Waals surface area contributed by atoms with Crippen LogP contribution in [0.25, 0.3) is 0 Å². The van der Waals surface area contributed by atoms with Crippen molar-refractivity contribution < 1.29 is 4.74 Å². The van der Waals surface area contributed by atoms with E-state index in [4.69, 9.17) is 4.74 Å². The second kappa shape index (κ2) is 11.8. The molecule has 0 spiro atoms. The molecular weight excluding hydrogens is 459 g/mol. The number of para-hydroxylation sites is 1. The van der Waals surface area contributed by atoms with Crippen LogP contribution in [-0.4, -0.2) is 15.0 Å². The van der Waals surface area contributed by atoms with Gasteiger partial charge in [-0.1, -0.05) is 36.9 Å². The number of benzene rings is 1. The number of rotatable bonds is 7. The molecule has 1 N–H and O–H groups in total. The van der Waals surface area contributed by atoms with E-state index >= 15 is 0 Å². The van der Waals surface area contributed by atoms with Gasteiger partial charge in [-0.2, -0.15) is 0 Å². The molecule has 0 atom stereocenters. The van der Waals surface area contributed by atoms with Gasteiger partial charge in [-0.25, -0.2) is 9.97 Å². The summed E-state index contributed by atoms with van der Waals surface area (Å²) < 4.78 is 6.12. The molecule has 0 saturated heterocycles. The van der Waals surface area contributed by atoms with Crippen LogP contribution in [0.5, 0.6) is 11.5 Å². The Morgan fingerprint density at radius 1 is 1.03 bits per heavy atom. The number of hydrogen-bond donors (Lipinski definition) is 1. The largest absolute Gasteiger partial charge is 0.453 e. The van der Waals surface area contributed by atoms with Crippen molar-refractivity contribution in [3.8, 4) is 11.5 Å². The highest BCUT2D eigenvalue weighted by atomic mass is 35.5. The van der Waals surface area contributed by atoms with Gasteiger partial charge in [-0.3, -0.25) is 4.98 Å². The van der Waals surface area contributed by atoms with Crippen molar-refractivity contribution in [3.05, 3.63) is 78.2 Å². The van der Waals surface area contributed by atoms with Crippen LogP contribution in [-0.2, 0) is 6.42 Å². The van der Waals surface area contributed by atoms with Crippen LogP contribution in [0.15, 0.2) is 82.3 Å². The number of aromatic nitrogens is 3. The molecule has 9 heteroatoms. The first-order valence-electron chi connectivity index (χ1n) is 8.82. The van der Waals surface area contributed by atoms with E-state index in [9.17, 15) is 0 Å². The number of thiazole rings is 1. The normalized spacial score (nSPS) is 9.90. The number of hydrogen-bond acceptors (Lipinski definition) is 7. The summed E-state index contributed by atoms with van der Waals surface area (Å²) >= 11 is 3.17. The highest BCUT2D eigenvalue weighted by Gasteiger charge is 2.12. The summed E-state index contributed by atoms with van der Waals surface area (Å²) in [6, 6.07) is 15.6. The SMILES string of the molecule is CCc1csc(Nc2ncc(Sc3ccncc3)cc2Oc2ccccc2)n1.Cl.Cl. The van der Waals surface area contributed by atoms with Crippen molar-refractivity contribution in [2.75, 3.05) is 5.32 Å². The predicted molar refractivity (Wildman–Crippen MR) is 128 cm³/mol. The number of ether oxygens (including phenoxy) is 1. The fraction of sp³-hybridized carbons (Fsp3) is 0.0952. The summed E-state index contributed by atoms with van der Waals surface area (Å²) in [7, 11) is 0. The first-order valence-corrected chi connectivity index (χ1v) is 10.5. The van der Waals surface area contributed by atoms with Crippen molar-refractivity contribution in [1.82, 2.24) is 15.0 Å². The zero-order valence-corrected chi connectivity index (χ0v) is 19.3. The average Bonchev–Trinajstić information content (AvgIpc) is 3.19. The summed E-state index contributed by atoms with van der Waals surface area (Å²) in [5.74, 6) is 2.05. The van der Waals surface area contributed by atoms with E-state index < -0.39 is 0 Å². The highest BCUT2D eigenvalue weighted by Crippen LogP contribution is 2.36. The van der Waals surface area contributed by atoms with Gasteiger partial charge in [0.1, 0.15) is 5.75 Å². The van der Waals surface area contributed by atoms with Crippen molar-refractivity contribution in [3.63, 3.8) is 0 Å². The van der Waals surface area contributed by atoms with E-state index in [1.165, 1.54) is 0 Å². The lowest BCUT2D eigenvalue weighted by Crippen LogP contribution is -1.98. The van der Waals surface area contributed by atoms with E-state index in [-0.39, 0.29) is 24.8 Å². The number of halogens is 2. The van der Waals surface area contributed by atoms with Crippen LogP contribution >= 0.6 is 47.9 Å². The Labute approximate surface area is 196 Å². The Morgan fingerprint density at radius 3 is 2.50 bits per heavy atom. The first kappa shape index (κ1) is 24.0. The van der Waals surface area contributed by atoms with Crippen molar-refractivity contribution >= 4 is 58.9 Å². The number of aryl methyl sites for hydroxylation is 1. The Bertz CT molecular complexity index is 1050. The Hall–Kier alpha value is -2.32. The minimum Gasteiger partial charge on any atom is -0.453 e. The van der Waals surface area contributed by atoms with Gasteiger partial charge in [0.05, 0.1) is 5.69 Å². The summed E-state index contributed by atoms with van der Waals surface area (Å²) in [6.45, 7) is 2.09. The Balaban J connectivity index is 0.00000160. The molecule has 0 aliphatic rings. The second-order valence-electron chi connectivity index (χ2n) is 5.84. The molecule has 1 aromatic carbocycles. The number of anilines is 2. The lowest BCUT2D eigenvalue weighted by atomic mass is 10.3. The first-order chi connectivity index (χ1) is 13.8. The van der Waals surface area contributed by atoms with E-state index in [1.54, 1.807) is 35.5 Å². The van der Waals surface area contributed by atoms with Crippen LogP contribution in [0.2, 0.25) is 0 Å². The molecule has 3 aromatic heterocycles. The minimum atomic E-state index is 0. The topological polar surface area (TPSA) is 59.9 Å². The molecule has 4 aromatic rings. The third-order valence-corrected chi connectivity index (χ3v) is 5.60. The molecule has 30 heavy (non-hydrogen) atoms. The zero-order chi connectivity index (χ0) is 19.2. The number of nitrogens with one attached hydrogen (secondary N) is 1. The predicted octanol–water partition coefficient (Wildman–Crippen LogP) is 7.03. The fourth-order valence-electron chi connectivity index (χ4n) is 2.44. The molecule has 0 aliphatic carbocycles. The van der Waals surface area contributed by atoms with Gasteiger partial charge in [-0.05, 0) is 30.7 Å². The number of pyridine rings is 2. The number of nitrogens with zero attached hydrogens (tertiary/aromatic N) is 3. The molecule has 4 rings (SSSR count). The highest BCUT2D eigenvalue weighted by molar-refractivity contribution is 7.99. The van der Waals surface area contributed by atoms with E-state index in [0.717, 1.165) is 32.8 Å². The average molecular weight is 479 g/mol. The van der Waals surface area contributed by atoms with Gasteiger partial charge in [0.25, 0.3) is 0 Å². The van der Waals surface area contributed by atoms with Gasteiger partial charge in [0, 0.05) is 39.8 Å². The van der Waals surface area contributed by atoms with E-state index in [0.29, 0.717) is 11.6 Å². The van der Waals surface area contributed by atoms with Crippen molar-refractivity contribution in [1.29, 1.82) is 0 Å². The summed E-state index contributed by atoms with van der Waals surface area (Å²) in [4.78, 5) is 15.3. The van der Waals surface area contributed by atoms with Gasteiger partial charge in [-0.15, -0.1) is 36.2 Å². The van der Waals surface area contributed by atoms with Crippen LogP contribution < -0.4 is 10.1 Å². The molecule has 0 unspecified atom stereocenters. The second-order valence-corrected chi connectivity index (χ2v) is 7.85. The maximum atomic E-state index is 6.12. The zero-order valence-electron chi connectivity index (χ0n) is 16.0. The molecule has 0 aliphatic heterocycles. The van der Waals surface area contributed by atoms with E-state index in [2.05, 4.69) is 27.2 Å². The molecule has 0 bridgehead atoms. The Kier molecular flexibility index (Phi) is 9.39. The lowest BCUT2D eigenvalue weighted by molar-refractivity contribution is 0.481. The van der Waals surface area contributed by atoms with E-state index in [1.807, 2.05) is 60.1 Å². The molecule has 0 amide bonds. The van der Waals surface area contributed by atoms with Crippen molar-refractivity contribution in [2.24, 2.45) is 0 Å². The monoisotopic (exact) mass is 478 g/mol. The van der Waals surface area contributed by atoms with Crippen LogP contribution in [0.4, 0.5) is 10.9 Å². The smallest absolute Gasteiger partial charge is 0.188 e. The maximum Gasteiger partial charge on any atom is 0.188 e. The van der Waals surface area contributed by atoms with Gasteiger partial charge in [0.2, 0.25) is 0 Å². The van der Waals surface area contributed by atoms with Gasteiger partial charge >= 0.3 is 0 Å². The fourth-order valence-corrected chi connectivity index (χ4v) is 4.03. The summed E-state index contributed by atoms with van der Waals surface area (Å²) in [5, 5.41) is 6.14. The molecule has 5 nitrogen and oxygen atoms in total. The maximum absolute atomic E-state index is 6.12. The molecule has 3 heterocycles. The molecule has 0 radical (unpaired) electrons. The van der Waals surface area contributed by atoms with Crippen LogP contribution in [0.3, 0.4) is 0 Å². The standard InChI is InChI=1S/C21H18N4OS2.2ClH/c1-2-15-14-27-21(24-15)25-20-19(26-16-6-4-3-5-7-16)12-18(13-23-20)28-17-8-10-22-11-9-17;;/h3-14H,2H2,1H3,(H,23,24,25);2*1H. The third-order valence-electron chi connectivity index (χ3n) is 3.82. The quantitative estimate of drug-likeness (QED) is 0.307. The van der Waals surface area contributed by atoms with Gasteiger partial charge in [0.15, 0.2) is 16.7 Å². The molecule has 0 fully saturated rings. The summed E-state index contributed by atoms with van der Waals surface area (Å²) in [6.07, 6.45) is 6.29. The third kappa shape index (κ3) is 6.34. The molecule has 156 valence electrons.